The van der Waals surface area contributed by atoms with Crippen LogP contribution in [0.2, 0.25) is 0 Å². The van der Waals surface area contributed by atoms with Crippen LogP contribution in [0.25, 0.3) is 33.1 Å². The molecule has 0 saturated heterocycles. The smallest absolute Gasteiger partial charge is 0.145 e. The Morgan fingerprint density at radius 3 is 2.38 bits per heavy atom. The lowest BCUT2D eigenvalue weighted by molar-refractivity contribution is 0.540. The Labute approximate surface area is 228 Å². The highest BCUT2D eigenvalue weighted by Gasteiger charge is 2.33. The molecule has 0 spiro atoms. The molecule has 3 heteroatoms. The molecule has 1 aromatic heterocycles. The van der Waals surface area contributed by atoms with Crippen LogP contribution in [0.3, 0.4) is 0 Å². The van der Waals surface area contributed by atoms with Gasteiger partial charge in [-0.1, -0.05) is 92.5 Å². The first-order valence-corrected chi connectivity index (χ1v) is 13.4. The summed E-state index contributed by atoms with van der Waals surface area (Å²) in [6.07, 6.45) is 5.45. The number of hydrogen-bond acceptors (Lipinski definition) is 3. The van der Waals surface area contributed by atoms with Gasteiger partial charge < -0.3 is 4.42 Å². The van der Waals surface area contributed by atoms with E-state index in [9.17, 15) is 0 Å². The van der Waals surface area contributed by atoms with E-state index in [4.69, 9.17) is 14.4 Å². The summed E-state index contributed by atoms with van der Waals surface area (Å²) in [6.45, 7) is 12.6. The summed E-state index contributed by atoms with van der Waals surface area (Å²) in [5.41, 5.74) is 11.0. The minimum atomic E-state index is -0.156. The third kappa shape index (κ3) is 3.73. The van der Waals surface area contributed by atoms with E-state index in [1.165, 1.54) is 16.7 Å². The van der Waals surface area contributed by atoms with Crippen LogP contribution in [0.1, 0.15) is 34.6 Å². The number of hydrogen-bond donors (Lipinski definition) is 0. The summed E-state index contributed by atoms with van der Waals surface area (Å²) in [5.74, 6) is 0.179. The lowest BCUT2D eigenvalue weighted by atomic mass is 9.79. The maximum atomic E-state index is 6.63. The van der Waals surface area contributed by atoms with Crippen molar-refractivity contribution in [3.05, 3.63) is 145 Å². The van der Waals surface area contributed by atoms with Gasteiger partial charge in [-0.05, 0) is 59.4 Å². The molecular weight excluding hydrogens is 476 g/mol. The predicted octanol–water partition coefficient (Wildman–Crippen LogP) is 8.83. The predicted molar refractivity (Wildman–Crippen MR) is 163 cm³/mol. The zero-order chi connectivity index (χ0) is 26.5. The van der Waals surface area contributed by atoms with E-state index >= 15 is 0 Å². The number of fused-ring (bicyclic) bond motifs is 8. The number of allylic oxidation sites excluding steroid dienone is 2. The van der Waals surface area contributed by atoms with Gasteiger partial charge in [0.15, 0.2) is 0 Å². The molecule has 0 aliphatic carbocycles. The zero-order valence-corrected chi connectivity index (χ0v) is 21.7. The van der Waals surface area contributed by atoms with Crippen LogP contribution < -0.4 is 0 Å². The quantitative estimate of drug-likeness (QED) is 0.242. The SMILES string of the molecule is C=CC1=NC2C(=C)/N=C(/C=C)c3c(ccc4c3oc3cc(-c5ccccc5)ccc34)CCC2c2ccccc21. The van der Waals surface area contributed by atoms with Crippen LogP contribution in [0, 0.1) is 0 Å². The van der Waals surface area contributed by atoms with E-state index < -0.39 is 0 Å². The summed E-state index contributed by atoms with van der Waals surface area (Å²) >= 11 is 0. The molecule has 39 heavy (non-hydrogen) atoms. The number of aryl methyl sites for hydroxylation is 1. The molecule has 3 nitrogen and oxygen atoms in total. The molecule has 0 amide bonds. The molecule has 0 radical (unpaired) electrons. The van der Waals surface area contributed by atoms with Gasteiger partial charge in [-0.3, -0.25) is 9.98 Å². The monoisotopic (exact) mass is 504 g/mol. The van der Waals surface area contributed by atoms with Crippen molar-refractivity contribution in [1.82, 2.24) is 0 Å². The topological polar surface area (TPSA) is 37.9 Å². The second-order valence-electron chi connectivity index (χ2n) is 10.2. The van der Waals surface area contributed by atoms with Crippen molar-refractivity contribution < 1.29 is 4.42 Å². The first-order valence-electron chi connectivity index (χ1n) is 13.4. The lowest BCUT2D eigenvalue weighted by Crippen LogP contribution is -2.27. The number of furan rings is 1. The van der Waals surface area contributed by atoms with Crippen molar-refractivity contribution in [3.8, 4) is 11.1 Å². The molecule has 2 aliphatic heterocycles. The van der Waals surface area contributed by atoms with Crippen molar-refractivity contribution in [2.24, 2.45) is 9.98 Å². The number of benzene rings is 4. The molecule has 7 rings (SSSR count). The van der Waals surface area contributed by atoms with E-state index in [1.807, 2.05) is 18.2 Å². The molecule has 5 aromatic rings. The Balaban J connectivity index is 1.41. The van der Waals surface area contributed by atoms with Crippen molar-refractivity contribution in [2.75, 3.05) is 0 Å². The molecule has 2 aliphatic rings. The van der Waals surface area contributed by atoms with Gasteiger partial charge in [-0.25, -0.2) is 0 Å². The molecule has 0 saturated carbocycles. The number of nitrogens with zero attached hydrogens (tertiary/aromatic N) is 2. The van der Waals surface area contributed by atoms with Crippen molar-refractivity contribution in [2.45, 2.75) is 24.8 Å². The molecule has 3 heterocycles. The first kappa shape index (κ1) is 23.4. The minimum Gasteiger partial charge on any atom is -0.455 e. The van der Waals surface area contributed by atoms with Crippen molar-refractivity contribution in [1.29, 1.82) is 0 Å². The highest BCUT2D eigenvalue weighted by Crippen LogP contribution is 2.41. The maximum Gasteiger partial charge on any atom is 0.145 e. The van der Waals surface area contributed by atoms with Gasteiger partial charge in [0.1, 0.15) is 11.2 Å². The standard InChI is InChI=1S/C36H28N2O/c1-4-31-27-14-10-9-13-26(27)29-19-15-24-16-20-30-28-18-17-25(23-11-7-6-8-12-23)21-33(28)39-36(30)34(24)32(5-2)37-22(3)35(29)38-31/h4-14,16-18,20-21,29,35H,1-3,15,19H2/b37-32-. The molecule has 4 aromatic carbocycles. The molecule has 2 atom stereocenters. The zero-order valence-electron chi connectivity index (χ0n) is 21.7. The average molecular weight is 505 g/mol. The average Bonchev–Trinajstić information content (AvgIpc) is 3.38. The molecule has 0 fully saturated rings. The van der Waals surface area contributed by atoms with Crippen LogP contribution in [-0.4, -0.2) is 17.5 Å². The van der Waals surface area contributed by atoms with Gasteiger partial charge in [0.05, 0.1) is 23.2 Å². The Hall–Kier alpha value is -4.76. The van der Waals surface area contributed by atoms with Crippen LogP contribution in [0.5, 0.6) is 0 Å². The summed E-state index contributed by atoms with van der Waals surface area (Å²) in [6, 6.07) is 29.6. The van der Waals surface area contributed by atoms with Gasteiger partial charge in [-0.15, -0.1) is 0 Å². The number of rotatable bonds is 3. The Kier molecular flexibility index (Phi) is 5.52. The summed E-state index contributed by atoms with van der Waals surface area (Å²) in [7, 11) is 0. The molecule has 2 unspecified atom stereocenters. The Bertz CT molecular complexity index is 1870. The van der Waals surface area contributed by atoms with Gasteiger partial charge in [0.2, 0.25) is 0 Å². The van der Waals surface area contributed by atoms with Crippen molar-refractivity contribution in [3.63, 3.8) is 0 Å². The minimum absolute atomic E-state index is 0.156. The fraction of sp³-hybridized carbons (Fsp3) is 0.111. The van der Waals surface area contributed by atoms with Crippen molar-refractivity contribution >= 4 is 33.4 Å². The van der Waals surface area contributed by atoms with Gasteiger partial charge in [-0.2, -0.15) is 0 Å². The van der Waals surface area contributed by atoms with E-state index in [2.05, 4.69) is 98.6 Å². The fourth-order valence-corrected chi connectivity index (χ4v) is 6.23. The van der Waals surface area contributed by atoms with Gasteiger partial charge in [0, 0.05) is 27.8 Å². The first-order chi connectivity index (χ1) is 19.2. The number of aliphatic imine (C=N–C) groups is 2. The van der Waals surface area contributed by atoms with Crippen LogP contribution in [0.4, 0.5) is 0 Å². The van der Waals surface area contributed by atoms with Gasteiger partial charge in [0.25, 0.3) is 0 Å². The highest BCUT2D eigenvalue weighted by molar-refractivity contribution is 6.20. The Morgan fingerprint density at radius 1 is 0.795 bits per heavy atom. The highest BCUT2D eigenvalue weighted by atomic mass is 16.3. The second-order valence-corrected chi connectivity index (χ2v) is 10.2. The molecule has 188 valence electrons. The summed E-state index contributed by atoms with van der Waals surface area (Å²) < 4.78 is 6.63. The maximum absolute atomic E-state index is 6.63. The van der Waals surface area contributed by atoms with Crippen LogP contribution >= 0.6 is 0 Å². The molecule has 0 N–H and O–H groups in total. The third-order valence-corrected chi connectivity index (χ3v) is 8.10. The van der Waals surface area contributed by atoms with E-state index in [-0.39, 0.29) is 12.0 Å². The second kappa shape index (κ2) is 9.21. The largest absolute Gasteiger partial charge is 0.455 e. The summed E-state index contributed by atoms with van der Waals surface area (Å²) in [5, 5.41) is 2.18. The van der Waals surface area contributed by atoms with Gasteiger partial charge >= 0.3 is 0 Å². The Morgan fingerprint density at radius 2 is 1.56 bits per heavy atom. The molecular formula is C36H28N2O. The van der Waals surface area contributed by atoms with E-state index in [0.29, 0.717) is 0 Å². The van der Waals surface area contributed by atoms with Crippen LogP contribution in [0.15, 0.2) is 137 Å². The van der Waals surface area contributed by atoms with E-state index in [1.54, 1.807) is 0 Å². The lowest BCUT2D eigenvalue weighted by Gasteiger charge is -2.31. The third-order valence-electron chi connectivity index (χ3n) is 8.10. The molecule has 0 bridgehead atoms. The fourth-order valence-electron chi connectivity index (χ4n) is 6.23. The summed E-state index contributed by atoms with van der Waals surface area (Å²) in [4.78, 5) is 10.2. The van der Waals surface area contributed by atoms with Crippen LogP contribution in [-0.2, 0) is 6.42 Å². The normalized spacial score (nSPS) is 19.9. The van der Waals surface area contributed by atoms with E-state index in [0.717, 1.165) is 68.6 Å².